The van der Waals surface area contributed by atoms with E-state index in [0.29, 0.717) is 28.6 Å². The van der Waals surface area contributed by atoms with Crippen molar-refractivity contribution in [2.45, 2.75) is 32.2 Å². The Bertz CT molecular complexity index is 752. The van der Waals surface area contributed by atoms with Crippen LogP contribution in [0.15, 0.2) is 12.1 Å². The van der Waals surface area contributed by atoms with E-state index in [-0.39, 0.29) is 5.91 Å². The van der Waals surface area contributed by atoms with Gasteiger partial charge in [-0.2, -0.15) is 0 Å². The van der Waals surface area contributed by atoms with Gasteiger partial charge in [0.05, 0.1) is 35.6 Å². The van der Waals surface area contributed by atoms with Crippen LogP contribution < -0.4 is 10.5 Å². The van der Waals surface area contributed by atoms with Crippen LogP contribution in [-0.2, 0) is 19.4 Å². The molecule has 7 heteroatoms. The maximum absolute atomic E-state index is 12.8. The summed E-state index contributed by atoms with van der Waals surface area (Å²) in [6, 6.07) is 3.13. The van der Waals surface area contributed by atoms with Gasteiger partial charge in [0.2, 0.25) is 0 Å². The van der Waals surface area contributed by atoms with Crippen LogP contribution in [0.25, 0.3) is 0 Å². The van der Waals surface area contributed by atoms with Gasteiger partial charge in [0.25, 0.3) is 5.91 Å². The molecule has 3 rings (SSSR count). The number of benzene rings is 1. The Morgan fingerprint density at radius 2 is 2.17 bits per heavy atom. The first-order valence-corrected chi connectivity index (χ1v) is 9.05. The minimum atomic E-state index is -0.165. The van der Waals surface area contributed by atoms with E-state index >= 15 is 0 Å². The van der Waals surface area contributed by atoms with Crippen LogP contribution >= 0.6 is 22.9 Å². The number of halogens is 1. The third kappa shape index (κ3) is 3.35. The van der Waals surface area contributed by atoms with E-state index < -0.39 is 0 Å². The Labute approximate surface area is 150 Å². The van der Waals surface area contributed by atoms with Crippen LogP contribution in [0.4, 0.5) is 5.69 Å². The quantitative estimate of drug-likeness (QED) is 0.841. The molecule has 1 aromatic carbocycles. The van der Waals surface area contributed by atoms with E-state index in [1.807, 2.05) is 0 Å². The maximum atomic E-state index is 12.8. The number of thiazole rings is 1. The zero-order valence-corrected chi connectivity index (χ0v) is 15.3. The lowest BCUT2D eigenvalue weighted by Gasteiger charge is -2.18. The number of nitrogens with two attached hydrogens (primary N) is 1. The highest BCUT2D eigenvalue weighted by molar-refractivity contribution is 7.11. The average molecular weight is 366 g/mol. The number of fused-ring (bicyclic) bond motifs is 1. The lowest BCUT2D eigenvalue weighted by atomic mass is 10.0. The molecule has 1 aliphatic rings. The Kier molecular flexibility index (Phi) is 4.96. The van der Waals surface area contributed by atoms with Gasteiger partial charge in [-0.15, -0.1) is 11.3 Å². The second kappa shape index (κ2) is 6.99. The van der Waals surface area contributed by atoms with Crippen molar-refractivity contribution in [3.05, 3.63) is 38.3 Å². The minimum Gasteiger partial charge on any atom is -0.496 e. The average Bonchev–Trinajstić information content (AvgIpc) is 2.98. The highest BCUT2D eigenvalue weighted by Crippen LogP contribution is 2.31. The van der Waals surface area contributed by atoms with Gasteiger partial charge in [0.1, 0.15) is 10.8 Å². The van der Waals surface area contributed by atoms with Gasteiger partial charge in [-0.3, -0.25) is 4.79 Å². The minimum absolute atomic E-state index is 0.165. The number of hydrogen-bond donors (Lipinski definition) is 1. The second-order valence-corrected chi connectivity index (χ2v) is 7.50. The molecule has 0 aliphatic heterocycles. The molecule has 0 atom stereocenters. The Morgan fingerprint density at radius 1 is 1.42 bits per heavy atom. The normalized spacial score (nSPS) is 13.5. The molecule has 1 amide bonds. The molecule has 2 N–H and O–H groups in total. The van der Waals surface area contributed by atoms with Gasteiger partial charge in [-0.25, -0.2) is 4.98 Å². The van der Waals surface area contributed by atoms with Crippen molar-refractivity contribution in [1.29, 1.82) is 0 Å². The van der Waals surface area contributed by atoms with E-state index in [2.05, 4.69) is 4.98 Å². The highest BCUT2D eigenvalue weighted by atomic mass is 35.5. The lowest BCUT2D eigenvalue weighted by Crippen LogP contribution is -2.26. The second-order valence-electron chi connectivity index (χ2n) is 5.92. The van der Waals surface area contributed by atoms with E-state index in [1.165, 1.54) is 30.5 Å². The van der Waals surface area contributed by atoms with Crippen LogP contribution in [-0.4, -0.2) is 29.9 Å². The van der Waals surface area contributed by atoms with Crippen molar-refractivity contribution in [3.63, 3.8) is 0 Å². The van der Waals surface area contributed by atoms with Crippen molar-refractivity contribution in [3.8, 4) is 5.75 Å². The van der Waals surface area contributed by atoms with Crippen LogP contribution in [0.3, 0.4) is 0 Å². The molecule has 2 aromatic rings. The SMILES string of the molecule is COc1cc(N)c(Cl)cc1C(=O)N(C)Cc1nc2c(s1)CCCC2. The van der Waals surface area contributed by atoms with Crippen molar-refractivity contribution >= 4 is 34.5 Å². The number of methoxy groups -OCH3 is 1. The molecule has 5 nitrogen and oxygen atoms in total. The van der Waals surface area contributed by atoms with Crippen molar-refractivity contribution in [2.24, 2.45) is 0 Å². The van der Waals surface area contributed by atoms with Crippen LogP contribution in [0, 0.1) is 0 Å². The number of ether oxygens (including phenoxy) is 1. The van der Waals surface area contributed by atoms with E-state index in [9.17, 15) is 4.79 Å². The number of hydrogen-bond acceptors (Lipinski definition) is 5. The first-order valence-electron chi connectivity index (χ1n) is 7.85. The summed E-state index contributed by atoms with van der Waals surface area (Å²) in [4.78, 5) is 20.4. The molecule has 0 radical (unpaired) electrons. The van der Waals surface area contributed by atoms with Gasteiger partial charge in [-0.1, -0.05) is 11.6 Å². The predicted molar refractivity (Wildman–Crippen MR) is 97.0 cm³/mol. The third-order valence-electron chi connectivity index (χ3n) is 4.16. The first-order chi connectivity index (χ1) is 11.5. The molecule has 0 bridgehead atoms. The Morgan fingerprint density at radius 3 is 2.88 bits per heavy atom. The summed E-state index contributed by atoms with van der Waals surface area (Å²) in [5.74, 6) is 0.258. The standard InChI is InChI=1S/C17H20ClN3O2S/c1-21(9-16-20-13-5-3-4-6-15(13)24-16)17(22)10-7-11(18)12(19)8-14(10)23-2/h7-8H,3-6,9,19H2,1-2H3. The van der Waals surface area contributed by atoms with Crippen LogP contribution in [0.5, 0.6) is 5.75 Å². The van der Waals surface area contributed by atoms with Gasteiger partial charge in [0.15, 0.2) is 0 Å². The van der Waals surface area contributed by atoms with E-state index in [0.717, 1.165) is 17.8 Å². The summed E-state index contributed by atoms with van der Waals surface area (Å²) in [5, 5.41) is 1.32. The topological polar surface area (TPSA) is 68.5 Å². The number of anilines is 1. The van der Waals surface area contributed by atoms with E-state index in [4.69, 9.17) is 22.1 Å². The molecule has 0 unspecified atom stereocenters. The van der Waals surface area contributed by atoms with Crippen molar-refractivity contribution in [1.82, 2.24) is 9.88 Å². The fourth-order valence-corrected chi connectivity index (χ4v) is 4.23. The number of amides is 1. The molecule has 0 spiro atoms. The molecule has 128 valence electrons. The number of carbonyl (C=O) groups is 1. The monoisotopic (exact) mass is 365 g/mol. The third-order valence-corrected chi connectivity index (χ3v) is 5.63. The Balaban J connectivity index is 1.80. The largest absolute Gasteiger partial charge is 0.496 e. The van der Waals surface area contributed by atoms with Crippen molar-refractivity contribution < 1.29 is 9.53 Å². The smallest absolute Gasteiger partial charge is 0.257 e. The number of carbonyl (C=O) groups excluding carboxylic acids is 1. The molecular weight excluding hydrogens is 346 g/mol. The molecule has 24 heavy (non-hydrogen) atoms. The molecule has 1 heterocycles. The summed E-state index contributed by atoms with van der Waals surface area (Å²) in [7, 11) is 3.26. The first kappa shape index (κ1) is 17.0. The number of rotatable bonds is 4. The Hall–Kier alpha value is -1.79. The fraction of sp³-hybridized carbons (Fsp3) is 0.412. The summed E-state index contributed by atoms with van der Waals surface area (Å²) in [6.07, 6.45) is 4.58. The molecule has 1 aliphatic carbocycles. The summed E-state index contributed by atoms with van der Waals surface area (Å²) in [5.41, 5.74) is 7.77. The van der Waals surface area contributed by atoms with Gasteiger partial charge in [-0.05, 0) is 31.7 Å². The molecular formula is C17H20ClN3O2S. The predicted octanol–water partition coefficient (Wildman–Crippen LogP) is 3.54. The fourth-order valence-electron chi connectivity index (χ4n) is 2.86. The number of aromatic nitrogens is 1. The van der Waals surface area contributed by atoms with E-state index in [1.54, 1.807) is 35.4 Å². The van der Waals surface area contributed by atoms with Crippen LogP contribution in [0.2, 0.25) is 5.02 Å². The molecule has 0 fully saturated rings. The van der Waals surface area contributed by atoms with Gasteiger partial charge >= 0.3 is 0 Å². The number of aryl methyl sites for hydroxylation is 2. The summed E-state index contributed by atoms with van der Waals surface area (Å²) >= 11 is 7.77. The molecule has 0 saturated heterocycles. The zero-order valence-electron chi connectivity index (χ0n) is 13.8. The van der Waals surface area contributed by atoms with Crippen LogP contribution in [0.1, 0.15) is 38.8 Å². The van der Waals surface area contributed by atoms with Gasteiger partial charge < -0.3 is 15.4 Å². The maximum Gasteiger partial charge on any atom is 0.257 e. The zero-order chi connectivity index (χ0) is 17.3. The number of nitrogen functional groups attached to an aromatic ring is 1. The van der Waals surface area contributed by atoms with Crippen molar-refractivity contribution in [2.75, 3.05) is 19.9 Å². The number of nitrogens with zero attached hydrogens (tertiary/aromatic N) is 2. The molecule has 1 aromatic heterocycles. The molecule has 0 saturated carbocycles. The summed E-state index contributed by atoms with van der Waals surface area (Å²) < 4.78 is 5.27. The van der Waals surface area contributed by atoms with Gasteiger partial charge in [0, 0.05) is 18.0 Å². The highest BCUT2D eigenvalue weighted by Gasteiger charge is 2.21. The lowest BCUT2D eigenvalue weighted by molar-refractivity contribution is 0.0781. The summed E-state index contributed by atoms with van der Waals surface area (Å²) in [6.45, 7) is 0.474.